The number of aliphatic hydroxyl groups excluding tert-OH is 2. The molecule has 3 atom stereocenters. The number of ether oxygens (including phenoxy) is 1. The summed E-state index contributed by atoms with van der Waals surface area (Å²) in [4.78, 5) is 11.4. The van der Waals surface area contributed by atoms with Gasteiger partial charge in [-0.25, -0.2) is 0 Å². The predicted molar refractivity (Wildman–Crippen MR) is 61.4 cm³/mol. The second kappa shape index (κ2) is 7.76. The Morgan fingerprint density at radius 1 is 1.38 bits per heavy atom. The Labute approximate surface area is 98.3 Å². The molecule has 0 radical (unpaired) electrons. The molecule has 0 saturated carbocycles. The summed E-state index contributed by atoms with van der Waals surface area (Å²) < 4.78 is 16.5. The Bertz CT molecular complexity index is 241. The minimum Gasteiger partial charge on any atom is -0.465 e. The minimum absolute atomic E-state index is 0.117. The van der Waals surface area contributed by atoms with Gasteiger partial charge in [-0.05, 0) is 12.8 Å². The van der Waals surface area contributed by atoms with Crippen LogP contribution in [0.5, 0.6) is 0 Å². The van der Waals surface area contributed by atoms with Crippen LogP contribution >= 0.6 is 0 Å². The summed E-state index contributed by atoms with van der Waals surface area (Å²) in [6.07, 6.45) is -1.05. The van der Waals surface area contributed by atoms with Crippen LogP contribution in [0.15, 0.2) is 0 Å². The average Bonchev–Trinajstić information content (AvgIpc) is 2.24. The van der Waals surface area contributed by atoms with Crippen LogP contribution in [-0.2, 0) is 20.3 Å². The normalized spacial score (nSPS) is 16.9. The Kier molecular flexibility index (Phi) is 7.53. The van der Waals surface area contributed by atoms with E-state index in [-0.39, 0.29) is 11.7 Å². The van der Waals surface area contributed by atoms with E-state index in [9.17, 15) is 9.00 Å². The lowest BCUT2D eigenvalue weighted by atomic mass is 10.2. The number of carbonyl (C=O) groups excluding carboxylic acids is 1. The first kappa shape index (κ1) is 15.5. The van der Waals surface area contributed by atoms with Gasteiger partial charge in [0.05, 0.1) is 25.1 Å². The number of carbonyl (C=O) groups is 1. The van der Waals surface area contributed by atoms with Crippen LogP contribution in [0.4, 0.5) is 0 Å². The zero-order chi connectivity index (χ0) is 12.7. The zero-order valence-corrected chi connectivity index (χ0v) is 10.7. The first-order chi connectivity index (χ1) is 7.38. The summed E-state index contributed by atoms with van der Waals surface area (Å²) in [7, 11) is -1.52. The van der Waals surface area contributed by atoms with Crippen LogP contribution in [0.3, 0.4) is 0 Å². The molecule has 6 heteroatoms. The van der Waals surface area contributed by atoms with Gasteiger partial charge in [0.1, 0.15) is 5.25 Å². The van der Waals surface area contributed by atoms with Crippen LogP contribution in [-0.4, -0.2) is 50.7 Å². The third-order valence-electron chi connectivity index (χ3n) is 1.85. The maximum Gasteiger partial charge on any atom is 0.321 e. The molecule has 0 saturated heterocycles. The summed E-state index contributed by atoms with van der Waals surface area (Å²) in [5.74, 6) is -0.418. The van der Waals surface area contributed by atoms with Gasteiger partial charge in [0.2, 0.25) is 0 Å². The van der Waals surface area contributed by atoms with Crippen molar-refractivity contribution in [2.24, 2.45) is 5.92 Å². The van der Waals surface area contributed by atoms with Gasteiger partial charge in [0, 0.05) is 10.8 Å². The molecule has 96 valence electrons. The maximum atomic E-state index is 11.5. The molecule has 0 aliphatic carbocycles. The van der Waals surface area contributed by atoms with Crippen LogP contribution in [0.1, 0.15) is 20.8 Å². The predicted octanol–water partition coefficient (Wildman–Crippen LogP) is -0.324. The minimum atomic E-state index is -1.52. The van der Waals surface area contributed by atoms with E-state index in [4.69, 9.17) is 14.9 Å². The van der Waals surface area contributed by atoms with Crippen molar-refractivity contribution >= 4 is 16.8 Å². The van der Waals surface area contributed by atoms with E-state index in [0.717, 1.165) is 0 Å². The second-order valence-electron chi connectivity index (χ2n) is 4.05. The molecule has 0 aromatic rings. The summed E-state index contributed by atoms with van der Waals surface area (Å²) in [5, 5.41) is 16.9. The quantitative estimate of drug-likeness (QED) is 0.606. The highest BCUT2D eigenvalue weighted by atomic mass is 32.2. The summed E-state index contributed by atoms with van der Waals surface area (Å²) in [6, 6.07) is 0. The molecule has 0 spiro atoms. The molecule has 0 rings (SSSR count). The number of hydrogen-bond acceptors (Lipinski definition) is 5. The van der Waals surface area contributed by atoms with Crippen molar-refractivity contribution in [3.8, 4) is 0 Å². The molecule has 5 nitrogen and oxygen atoms in total. The SMILES string of the molecule is CC(C)COC(=O)C(C)S(=O)CC(O)CO. The van der Waals surface area contributed by atoms with Crippen LogP contribution in [0.2, 0.25) is 0 Å². The molecule has 16 heavy (non-hydrogen) atoms. The van der Waals surface area contributed by atoms with Crippen molar-refractivity contribution in [1.82, 2.24) is 0 Å². The first-order valence-corrected chi connectivity index (χ1v) is 6.59. The van der Waals surface area contributed by atoms with Crippen molar-refractivity contribution in [2.45, 2.75) is 32.1 Å². The van der Waals surface area contributed by atoms with Gasteiger partial charge < -0.3 is 14.9 Å². The lowest BCUT2D eigenvalue weighted by Crippen LogP contribution is -2.32. The second-order valence-corrected chi connectivity index (χ2v) is 5.85. The third-order valence-corrected chi connectivity index (χ3v) is 3.55. The van der Waals surface area contributed by atoms with Gasteiger partial charge in [0.25, 0.3) is 0 Å². The van der Waals surface area contributed by atoms with E-state index < -0.39 is 34.7 Å². The van der Waals surface area contributed by atoms with Gasteiger partial charge in [0.15, 0.2) is 0 Å². The fraction of sp³-hybridized carbons (Fsp3) is 0.900. The standard InChI is InChI=1S/C10H20O5S/c1-7(2)5-15-10(13)8(3)16(14)6-9(12)4-11/h7-9,11-12H,4-6H2,1-3H3. The van der Waals surface area contributed by atoms with Gasteiger partial charge >= 0.3 is 5.97 Å². The summed E-state index contributed by atoms with van der Waals surface area (Å²) in [6.45, 7) is 5.14. The van der Waals surface area contributed by atoms with Gasteiger partial charge in [-0.3, -0.25) is 9.00 Å². The highest BCUT2D eigenvalue weighted by Gasteiger charge is 2.23. The third kappa shape index (κ3) is 6.19. The monoisotopic (exact) mass is 252 g/mol. The highest BCUT2D eigenvalue weighted by Crippen LogP contribution is 2.03. The number of esters is 1. The zero-order valence-electron chi connectivity index (χ0n) is 9.88. The molecule has 3 unspecified atom stereocenters. The smallest absolute Gasteiger partial charge is 0.321 e. The molecule has 0 bridgehead atoms. The number of aliphatic hydroxyl groups is 2. The van der Waals surface area contributed by atoms with Gasteiger partial charge in [-0.2, -0.15) is 0 Å². The fourth-order valence-electron chi connectivity index (χ4n) is 0.860. The van der Waals surface area contributed by atoms with Crippen LogP contribution in [0.25, 0.3) is 0 Å². The lowest BCUT2D eigenvalue weighted by molar-refractivity contribution is -0.143. The Morgan fingerprint density at radius 3 is 2.38 bits per heavy atom. The first-order valence-electron chi connectivity index (χ1n) is 5.21. The molecular formula is C10H20O5S. The van der Waals surface area contributed by atoms with E-state index in [0.29, 0.717) is 6.61 Å². The largest absolute Gasteiger partial charge is 0.465 e. The molecular weight excluding hydrogens is 232 g/mol. The van der Waals surface area contributed by atoms with Crippen molar-refractivity contribution in [2.75, 3.05) is 19.0 Å². The molecule has 0 aromatic carbocycles. The molecule has 0 aliphatic heterocycles. The molecule has 0 amide bonds. The lowest BCUT2D eigenvalue weighted by Gasteiger charge is -2.14. The van der Waals surface area contributed by atoms with Crippen LogP contribution in [0, 0.1) is 5.92 Å². The topological polar surface area (TPSA) is 83.8 Å². The van der Waals surface area contributed by atoms with E-state index in [2.05, 4.69) is 0 Å². The average molecular weight is 252 g/mol. The Morgan fingerprint density at radius 2 is 1.94 bits per heavy atom. The fourth-order valence-corrected chi connectivity index (χ4v) is 1.92. The summed E-state index contributed by atoms with van der Waals surface area (Å²) in [5.41, 5.74) is 0. The van der Waals surface area contributed by atoms with E-state index >= 15 is 0 Å². The molecule has 0 aromatic heterocycles. The van der Waals surface area contributed by atoms with E-state index in [1.165, 1.54) is 6.92 Å². The van der Waals surface area contributed by atoms with Crippen molar-refractivity contribution in [3.63, 3.8) is 0 Å². The molecule has 0 fully saturated rings. The van der Waals surface area contributed by atoms with Gasteiger partial charge in [-0.1, -0.05) is 13.8 Å². The van der Waals surface area contributed by atoms with Crippen molar-refractivity contribution in [3.05, 3.63) is 0 Å². The highest BCUT2D eigenvalue weighted by molar-refractivity contribution is 7.86. The molecule has 2 N–H and O–H groups in total. The molecule has 0 aliphatic rings. The van der Waals surface area contributed by atoms with E-state index in [1.54, 1.807) is 0 Å². The van der Waals surface area contributed by atoms with E-state index in [1.807, 2.05) is 13.8 Å². The number of rotatable bonds is 7. The van der Waals surface area contributed by atoms with Gasteiger partial charge in [-0.15, -0.1) is 0 Å². The molecule has 0 heterocycles. The number of hydrogen-bond donors (Lipinski definition) is 2. The maximum absolute atomic E-state index is 11.5. The Hall–Kier alpha value is -0.460. The summed E-state index contributed by atoms with van der Waals surface area (Å²) >= 11 is 0. The van der Waals surface area contributed by atoms with Crippen molar-refractivity contribution in [1.29, 1.82) is 0 Å². The van der Waals surface area contributed by atoms with Crippen molar-refractivity contribution < 1.29 is 24.0 Å². The van der Waals surface area contributed by atoms with Crippen LogP contribution < -0.4 is 0 Å². The Balaban J connectivity index is 4.06.